The average Bonchev–Trinajstić information content (AvgIpc) is 3.07. The Morgan fingerprint density at radius 2 is 2.05 bits per heavy atom. The zero-order chi connectivity index (χ0) is 13.9. The van der Waals surface area contributed by atoms with Gasteiger partial charge in [0, 0.05) is 48.2 Å². The predicted molar refractivity (Wildman–Crippen MR) is 82.8 cm³/mol. The molecule has 0 aliphatic heterocycles. The van der Waals surface area contributed by atoms with Crippen LogP contribution in [0.15, 0.2) is 42.0 Å². The van der Waals surface area contributed by atoms with Crippen molar-refractivity contribution in [2.75, 3.05) is 5.32 Å². The summed E-state index contributed by atoms with van der Waals surface area (Å²) in [6.07, 6.45) is 3.88. The van der Waals surface area contributed by atoms with Gasteiger partial charge in [-0.2, -0.15) is 5.10 Å². The van der Waals surface area contributed by atoms with Crippen molar-refractivity contribution >= 4 is 17.0 Å². The topological polar surface area (TPSA) is 42.7 Å². The zero-order valence-corrected chi connectivity index (χ0v) is 12.3. The first-order valence-electron chi connectivity index (χ1n) is 6.45. The van der Waals surface area contributed by atoms with Gasteiger partial charge in [0.25, 0.3) is 0 Å². The van der Waals surface area contributed by atoms with E-state index in [-0.39, 0.29) is 0 Å². The third-order valence-corrected chi connectivity index (χ3v) is 3.98. The van der Waals surface area contributed by atoms with E-state index in [1.165, 1.54) is 5.56 Å². The SMILES string of the molecule is Cc1nn(C)cc1CNc1ccc(-c2nccs2)cc1. The highest BCUT2D eigenvalue weighted by atomic mass is 32.1. The Morgan fingerprint density at radius 1 is 1.25 bits per heavy atom. The van der Waals surface area contributed by atoms with Crippen LogP contribution in [0, 0.1) is 6.92 Å². The van der Waals surface area contributed by atoms with Gasteiger partial charge in [0.1, 0.15) is 5.01 Å². The lowest BCUT2D eigenvalue weighted by Gasteiger charge is -2.06. The van der Waals surface area contributed by atoms with Crippen LogP contribution in [0.3, 0.4) is 0 Å². The molecule has 0 saturated heterocycles. The van der Waals surface area contributed by atoms with E-state index in [2.05, 4.69) is 39.7 Å². The smallest absolute Gasteiger partial charge is 0.123 e. The molecule has 5 heteroatoms. The summed E-state index contributed by atoms with van der Waals surface area (Å²) in [5.41, 5.74) is 4.55. The van der Waals surface area contributed by atoms with Crippen molar-refractivity contribution in [3.05, 3.63) is 53.3 Å². The molecule has 1 N–H and O–H groups in total. The number of anilines is 1. The van der Waals surface area contributed by atoms with E-state index >= 15 is 0 Å². The van der Waals surface area contributed by atoms with Gasteiger partial charge in [0.05, 0.1) is 5.69 Å². The number of hydrogen-bond acceptors (Lipinski definition) is 4. The molecule has 0 aliphatic carbocycles. The van der Waals surface area contributed by atoms with Crippen LogP contribution in [-0.2, 0) is 13.6 Å². The molecule has 0 amide bonds. The molecule has 20 heavy (non-hydrogen) atoms. The van der Waals surface area contributed by atoms with Gasteiger partial charge in [-0.3, -0.25) is 4.68 Å². The van der Waals surface area contributed by atoms with Crippen molar-refractivity contribution < 1.29 is 0 Å². The number of aryl methyl sites for hydroxylation is 2. The zero-order valence-electron chi connectivity index (χ0n) is 11.5. The summed E-state index contributed by atoms with van der Waals surface area (Å²) < 4.78 is 1.85. The Kier molecular flexibility index (Phi) is 3.52. The number of benzene rings is 1. The Hall–Kier alpha value is -2.14. The molecule has 3 aromatic rings. The minimum absolute atomic E-state index is 0.788. The standard InChI is InChI=1S/C15H16N4S/c1-11-13(10-19(2)18-11)9-17-14-5-3-12(4-6-14)15-16-7-8-20-15/h3-8,10,17H,9H2,1-2H3. The summed E-state index contributed by atoms with van der Waals surface area (Å²) in [6.45, 7) is 2.82. The average molecular weight is 284 g/mol. The van der Waals surface area contributed by atoms with Crippen molar-refractivity contribution in [1.29, 1.82) is 0 Å². The van der Waals surface area contributed by atoms with Crippen molar-refractivity contribution in [3.8, 4) is 10.6 Å². The lowest BCUT2D eigenvalue weighted by atomic mass is 10.2. The Bertz CT molecular complexity index is 683. The van der Waals surface area contributed by atoms with Gasteiger partial charge in [-0.05, 0) is 31.2 Å². The van der Waals surface area contributed by atoms with E-state index in [4.69, 9.17) is 0 Å². The van der Waals surface area contributed by atoms with E-state index in [9.17, 15) is 0 Å². The quantitative estimate of drug-likeness (QED) is 0.797. The minimum Gasteiger partial charge on any atom is -0.381 e. The second kappa shape index (κ2) is 5.46. The molecule has 0 fully saturated rings. The largest absolute Gasteiger partial charge is 0.381 e. The molecule has 0 saturated carbocycles. The Labute approximate surface area is 122 Å². The third-order valence-electron chi connectivity index (χ3n) is 3.16. The highest BCUT2D eigenvalue weighted by Crippen LogP contribution is 2.23. The maximum absolute atomic E-state index is 4.34. The molecule has 0 spiro atoms. The van der Waals surface area contributed by atoms with Crippen LogP contribution in [0.25, 0.3) is 10.6 Å². The minimum atomic E-state index is 0.788. The van der Waals surface area contributed by atoms with Crippen LogP contribution < -0.4 is 5.32 Å². The number of hydrogen-bond donors (Lipinski definition) is 1. The molecule has 2 heterocycles. The van der Waals surface area contributed by atoms with Crippen LogP contribution in [0.5, 0.6) is 0 Å². The van der Waals surface area contributed by atoms with Gasteiger partial charge in [0.2, 0.25) is 0 Å². The summed E-state index contributed by atoms with van der Waals surface area (Å²) in [6, 6.07) is 8.36. The molecular formula is C15H16N4S. The molecule has 102 valence electrons. The Balaban J connectivity index is 1.68. The van der Waals surface area contributed by atoms with E-state index in [1.807, 2.05) is 36.4 Å². The van der Waals surface area contributed by atoms with Gasteiger partial charge in [-0.15, -0.1) is 11.3 Å². The molecule has 0 bridgehead atoms. The van der Waals surface area contributed by atoms with Gasteiger partial charge in [0.15, 0.2) is 0 Å². The normalized spacial score (nSPS) is 10.7. The maximum atomic E-state index is 4.34. The van der Waals surface area contributed by atoms with Gasteiger partial charge in [-0.25, -0.2) is 4.98 Å². The fourth-order valence-corrected chi connectivity index (χ4v) is 2.76. The highest BCUT2D eigenvalue weighted by molar-refractivity contribution is 7.13. The monoisotopic (exact) mass is 284 g/mol. The Morgan fingerprint density at radius 3 is 2.65 bits per heavy atom. The van der Waals surface area contributed by atoms with Gasteiger partial charge >= 0.3 is 0 Å². The van der Waals surface area contributed by atoms with E-state index in [1.54, 1.807) is 11.3 Å². The summed E-state index contributed by atoms with van der Waals surface area (Å²) in [5, 5.41) is 10.8. The molecule has 0 radical (unpaired) electrons. The molecule has 0 atom stereocenters. The van der Waals surface area contributed by atoms with E-state index in [0.29, 0.717) is 0 Å². The van der Waals surface area contributed by atoms with Gasteiger partial charge < -0.3 is 5.32 Å². The van der Waals surface area contributed by atoms with Crippen LogP contribution in [0.2, 0.25) is 0 Å². The van der Waals surface area contributed by atoms with Crippen LogP contribution in [0.1, 0.15) is 11.3 Å². The molecule has 3 rings (SSSR count). The second-order valence-corrected chi connectivity index (χ2v) is 5.58. The van der Waals surface area contributed by atoms with Crippen LogP contribution in [0.4, 0.5) is 5.69 Å². The first-order chi connectivity index (χ1) is 9.72. The highest BCUT2D eigenvalue weighted by Gasteiger charge is 2.03. The third kappa shape index (κ3) is 2.72. The van der Waals surface area contributed by atoms with Crippen LogP contribution in [-0.4, -0.2) is 14.8 Å². The number of nitrogens with one attached hydrogen (secondary N) is 1. The predicted octanol–water partition coefficient (Wildman–Crippen LogP) is 3.46. The summed E-state index contributed by atoms with van der Waals surface area (Å²) >= 11 is 1.65. The fraction of sp³-hybridized carbons (Fsp3) is 0.200. The number of thiazole rings is 1. The number of aromatic nitrogens is 3. The van der Waals surface area contributed by atoms with Crippen molar-refractivity contribution in [1.82, 2.24) is 14.8 Å². The number of rotatable bonds is 4. The van der Waals surface area contributed by atoms with Gasteiger partial charge in [-0.1, -0.05) is 0 Å². The summed E-state index contributed by atoms with van der Waals surface area (Å²) in [7, 11) is 1.94. The molecule has 1 aromatic carbocycles. The van der Waals surface area contributed by atoms with E-state index < -0.39 is 0 Å². The maximum Gasteiger partial charge on any atom is 0.123 e. The second-order valence-electron chi connectivity index (χ2n) is 4.68. The fourth-order valence-electron chi connectivity index (χ4n) is 2.12. The first kappa shape index (κ1) is 12.9. The molecule has 0 aliphatic rings. The first-order valence-corrected chi connectivity index (χ1v) is 7.33. The lowest BCUT2D eigenvalue weighted by molar-refractivity contribution is 0.756. The van der Waals surface area contributed by atoms with Crippen molar-refractivity contribution in [2.45, 2.75) is 13.5 Å². The number of nitrogens with zero attached hydrogens (tertiary/aromatic N) is 3. The molecule has 4 nitrogen and oxygen atoms in total. The van der Waals surface area contributed by atoms with E-state index in [0.717, 1.165) is 28.5 Å². The summed E-state index contributed by atoms with van der Waals surface area (Å²) in [5.74, 6) is 0. The molecule has 2 aromatic heterocycles. The van der Waals surface area contributed by atoms with Crippen molar-refractivity contribution in [2.24, 2.45) is 7.05 Å². The molecule has 0 unspecified atom stereocenters. The van der Waals surface area contributed by atoms with Crippen LogP contribution >= 0.6 is 11.3 Å². The lowest BCUT2D eigenvalue weighted by Crippen LogP contribution is -1.99. The molecular weight excluding hydrogens is 268 g/mol. The summed E-state index contributed by atoms with van der Waals surface area (Å²) in [4.78, 5) is 4.31. The van der Waals surface area contributed by atoms with Crippen molar-refractivity contribution in [3.63, 3.8) is 0 Å².